The second kappa shape index (κ2) is 7.15. The molecule has 2 fully saturated rings. The summed E-state index contributed by atoms with van der Waals surface area (Å²) in [5.41, 5.74) is 3.33. The first-order chi connectivity index (χ1) is 14.5. The number of carbonyl (C=O) groups excluding carboxylic acids is 2. The van der Waals surface area contributed by atoms with Crippen molar-refractivity contribution in [2.75, 3.05) is 26.2 Å². The average molecular weight is 409 g/mol. The van der Waals surface area contributed by atoms with Crippen molar-refractivity contribution in [1.82, 2.24) is 20.0 Å². The molecule has 5 rings (SSSR count). The number of likely N-dealkylation sites (tertiary alicyclic amines) is 2. The Morgan fingerprint density at radius 1 is 1.20 bits per heavy atom. The number of amides is 2. The number of rotatable bonds is 2. The lowest BCUT2D eigenvalue weighted by atomic mass is 9.75. The molecule has 1 aromatic heterocycles. The van der Waals surface area contributed by atoms with Crippen LogP contribution in [-0.2, 0) is 11.2 Å². The monoisotopic (exact) mass is 408 g/mol. The maximum absolute atomic E-state index is 13.3. The van der Waals surface area contributed by atoms with Crippen molar-refractivity contribution in [3.63, 3.8) is 0 Å². The fourth-order valence-corrected chi connectivity index (χ4v) is 5.48. The number of aryl methyl sites for hydroxylation is 1. The molecule has 0 saturated carbocycles. The molecule has 30 heavy (non-hydrogen) atoms. The zero-order valence-corrected chi connectivity index (χ0v) is 17.4. The molecule has 2 aromatic rings. The molecule has 1 unspecified atom stereocenters. The normalized spacial score (nSPS) is 22.5. The highest BCUT2D eigenvalue weighted by Gasteiger charge is 2.48. The molecule has 1 spiro atoms. The number of phenolic OH excluding ortho intramolecular Hbond substituents is 1. The lowest BCUT2D eigenvalue weighted by Gasteiger charge is -2.51. The van der Waals surface area contributed by atoms with Crippen molar-refractivity contribution in [1.29, 1.82) is 0 Å². The van der Waals surface area contributed by atoms with E-state index in [9.17, 15) is 14.7 Å². The van der Waals surface area contributed by atoms with Crippen LogP contribution < -0.4 is 0 Å². The summed E-state index contributed by atoms with van der Waals surface area (Å²) in [6, 6.07) is 5.09. The van der Waals surface area contributed by atoms with Gasteiger partial charge in [-0.25, -0.2) is 0 Å². The highest BCUT2D eigenvalue weighted by atomic mass is 16.3. The zero-order chi connectivity index (χ0) is 20.9. The van der Waals surface area contributed by atoms with Crippen LogP contribution in [0.1, 0.15) is 58.8 Å². The van der Waals surface area contributed by atoms with Crippen molar-refractivity contribution >= 4 is 11.8 Å². The Morgan fingerprint density at radius 2 is 2.00 bits per heavy atom. The van der Waals surface area contributed by atoms with E-state index in [1.54, 1.807) is 25.1 Å². The third-order valence-electron chi connectivity index (χ3n) is 7.20. The quantitative estimate of drug-likeness (QED) is 0.799. The van der Waals surface area contributed by atoms with Gasteiger partial charge in [0.25, 0.3) is 5.91 Å². The van der Waals surface area contributed by atoms with Gasteiger partial charge < -0.3 is 14.9 Å². The zero-order valence-electron chi connectivity index (χ0n) is 17.4. The third-order valence-corrected chi connectivity index (χ3v) is 7.20. The third kappa shape index (κ3) is 3.07. The van der Waals surface area contributed by atoms with Gasteiger partial charge in [-0.05, 0) is 50.3 Å². The van der Waals surface area contributed by atoms with Crippen molar-refractivity contribution < 1.29 is 14.7 Å². The first kappa shape index (κ1) is 19.2. The fourth-order valence-electron chi connectivity index (χ4n) is 5.48. The average Bonchev–Trinajstić information content (AvgIpc) is 3.25. The van der Waals surface area contributed by atoms with Gasteiger partial charge in [0.05, 0.1) is 17.8 Å². The molecule has 2 aliphatic heterocycles. The number of nitrogens with one attached hydrogen (secondary N) is 1. The van der Waals surface area contributed by atoms with E-state index in [2.05, 4.69) is 10.2 Å². The van der Waals surface area contributed by atoms with E-state index in [1.165, 1.54) is 5.56 Å². The van der Waals surface area contributed by atoms with Gasteiger partial charge in [0.2, 0.25) is 5.91 Å². The van der Waals surface area contributed by atoms with Gasteiger partial charge in [0.1, 0.15) is 5.75 Å². The Kier molecular flexibility index (Phi) is 4.56. The number of carbonyl (C=O) groups is 2. The molecule has 1 atom stereocenters. The van der Waals surface area contributed by atoms with E-state index < -0.39 is 0 Å². The van der Waals surface area contributed by atoms with Gasteiger partial charge in [-0.1, -0.05) is 12.5 Å². The van der Waals surface area contributed by atoms with Crippen molar-refractivity contribution in [2.24, 2.45) is 5.41 Å². The van der Waals surface area contributed by atoms with E-state index in [1.807, 2.05) is 16.0 Å². The largest absolute Gasteiger partial charge is 0.508 e. The number of hydrogen-bond acceptors (Lipinski definition) is 4. The van der Waals surface area contributed by atoms with Crippen LogP contribution in [0.15, 0.2) is 24.4 Å². The summed E-state index contributed by atoms with van der Waals surface area (Å²) in [5, 5.41) is 17.1. The van der Waals surface area contributed by atoms with Gasteiger partial charge >= 0.3 is 0 Å². The predicted molar refractivity (Wildman–Crippen MR) is 111 cm³/mol. The number of fused-ring (bicyclic) bond motifs is 1. The number of hydrogen-bond donors (Lipinski definition) is 2. The summed E-state index contributed by atoms with van der Waals surface area (Å²) >= 11 is 0. The molecule has 3 heterocycles. The lowest BCUT2D eigenvalue weighted by Crippen LogP contribution is -2.62. The minimum absolute atomic E-state index is 0.0119. The maximum atomic E-state index is 13.3. The molecule has 1 aliphatic carbocycles. The van der Waals surface area contributed by atoms with E-state index in [0.29, 0.717) is 30.8 Å². The second-order valence-electron chi connectivity index (χ2n) is 9.23. The highest BCUT2D eigenvalue weighted by Crippen LogP contribution is 2.41. The van der Waals surface area contributed by atoms with Gasteiger partial charge in [0, 0.05) is 42.7 Å². The van der Waals surface area contributed by atoms with Crippen molar-refractivity contribution in [3.05, 3.63) is 46.8 Å². The topological polar surface area (TPSA) is 89.5 Å². The number of aromatic hydroxyl groups is 1. The number of H-pyrrole nitrogens is 1. The molecule has 3 aliphatic rings. The highest BCUT2D eigenvalue weighted by molar-refractivity contribution is 5.97. The Morgan fingerprint density at radius 3 is 2.83 bits per heavy atom. The second-order valence-corrected chi connectivity index (χ2v) is 9.23. The number of phenols is 1. The molecule has 0 bridgehead atoms. The van der Waals surface area contributed by atoms with Crippen LogP contribution in [0.2, 0.25) is 0 Å². The maximum Gasteiger partial charge on any atom is 0.254 e. The minimum Gasteiger partial charge on any atom is -0.508 e. The van der Waals surface area contributed by atoms with E-state index in [4.69, 9.17) is 0 Å². The van der Waals surface area contributed by atoms with E-state index in [0.717, 1.165) is 44.3 Å². The van der Waals surface area contributed by atoms with Crippen LogP contribution in [0.4, 0.5) is 0 Å². The molecule has 7 heteroatoms. The molecule has 7 nitrogen and oxygen atoms in total. The van der Waals surface area contributed by atoms with Crippen LogP contribution in [0.25, 0.3) is 0 Å². The lowest BCUT2D eigenvalue weighted by molar-refractivity contribution is -0.135. The first-order valence-corrected chi connectivity index (χ1v) is 10.9. The molecule has 0 radical (unpaired) electrons. The molecule has 2 amide bonds. The standard InChI is InChI=1S/C23H28N4O3/c1-15-17(5-4-6-19(15)28)21(29)27-13-23(14-27)9-2-3-10-26(12-23)22(30)18-8-7-16-11-24-25-20(16)18/h4-6,11,18,28H,2-3,7-10,12-14H2,1H3,(H,24,25). The molecule has 1 aromatic carbocycles. The summed E-state index contributed by atoms with van der Waals surface area (Å²) in [5.74, 6) is 0.212. The molecule has 158 valence electrons. The number of aromatic nitrogens is 2. The van der Waals surface area contributed by atoms with Crippen LogP contribution in [-0.4, -0.2) is 63.1 Å². The molecule has 2 N–H and O–H groups in total. The summed E-state index contributed by atoms with van der Waals surface area (Å²) in [6.45, 7) is 4.62. The van der Waals surface area contributed by atoms with Crippen LogP contribution in [0.5, 0.6) is 5.75 Å². The summed E-state index contributed by atoms with van der Waals surface area (Å²) < 4.78 is 0. The van der Waals surface area contributed by atoms with Gasteiger partial charge in [-0.3, -0.25) is 14.7 Å². The van der Waals surface area contributed by atoms with Crippen LogP contribution in [0, 0.1) is 12.3 Å². The van der Waals surface area contributed by atoms with Gasteiger partial charge in [0.15, 0.2) is 0 Å². The van der Waals surface area contributed by atoms with Crippen LogP contribution in [0.3, 0.4) is 0 Å². The van der Waals surface area contributed by atoms with E-state index >= 15 is 0 Å². The van der Waals surface area contributed by atoms with Crippen LogP contribution >= 0.6 is 0 Å². The number of benzene rings is 1. The SMILES string of the molecule is Cc1c(O)cccc1C(=O)N1CC2(CCCCN(C(=O)C3CCc4cn[nH]c43)C2)C1. The molecule has 2 saturated heterocycles. The Balaban J connectivity index is 1.28. The van der Waals surface area contributed by atoms with Crippen molar-refractivity contribution in [3.8, 4) is 5.75 Å². The van der Waals surface area contributed by atoms with E-state index in [-0.39, 0.29) is 28.9 Å². The van der Waals surface area contributed by atoms with Crippen molar-refractivity contribution in [2.45, 2.75) is 44.9 Å². The Hall–Kier alpha value is -2.83. The molecular formula is C23H28N4O3. The Labute approximate surface area is 176 Å². The summed E-state index contributed by atoms with van der Waals surface area (Å²) in [6.07, 6.45) is 6.73. The Bertz CT molecular complexity index is 992. The smallest absolute Gasteiger partial charge is 0.254 e. The number of nitrogens with zero attached hydrogens (tertiary/aromatic N) is 3. The predicted octanol–water partition coefficient (Wildman–Crippen LogP) is 2.61. The minimum atomic E-state index is -0.106. The number of aromatic amines is 1. The summed E-state index contributed by atoms with van der Waals surface area (Å²) in [4.78, 5) is 30.2. The first-order valence-electron chi connectivity index (χ1n) is 10.9. The summed E-state index contributed by atoms with van der Waals surface area (Å²) in [7, 11) is 0. The van der Waals surface area contributed by atoms with Gasteiger partial charge in [-0.15, -0.1) is 0 Å². The molecular weight excluding hydrogens is 380 g/mol. The fraction of sp³-hybridized carbons (Fsp3) is 0.522. The van der Waals surface area contributed by atoms with Gasteiger partial charge in [-0.2, -0.15) is 5.10 Å².